The highest BCUT2D eigenvalue weighted by Crippen LogP contribution is 2.28. The van der Waals surface area contributed by atoms with Gasteiger partial charge in [-0.05, 0) is 30.2 Å². The van der Waals surface area contributed by atoms with E-state index in [2.05, 4.69) is 16.6 Å². The number of aliphatic carboxylic acids is 1. The Morgan fingerprint density at radius 3 is 2.10 bits per heavy atom. The SMILES string of the molecule is CCCCCCCCCCCCNS(=O)(=O)c1ccc(CN(Cc2ccc(C(F)(F)F)nc2)C(=O)C(=O)O)s1. The second-order valence-electron chi connectivity index (χ2n) is 9.32. The van der Waals surface area contributed by atoms with E-state index < -0.39 is 33.8 Å². The van der Waals surface area contributed by atoms with E-state index in [0.29, 0.717) is 11.4 Å². The van der Waals surface area contributed by atoms with Crippen LogP contribution in [0.4, 0.5) is 13.2 Å². The zero-order valence-corrected chi connectivity index (χ0v) is 23.6. The molecular formula is C26H36F3N3O5S2. The van der Waals surface area contributed by atoms with Crippen LogP contribution in [0.2, 0.25) is 0 Å². The number of halogens is 3. The third-order valence-electron chi connectivity index (χ3n) is 6.03. The van der Waals surface area contributed by atoms with Gasteiger partial charge in [0.2, 0.25) is 10.0 Å². The van der Waals surface area contributed by atoms with Crippen molar-refractivity contribution < 1.29 is 36.3 Å². The molecule has 1 amide bonds. The monoisotopic (exact) mass is 591 g/mol. The van der Waals surface area contributed by atoms with Crippen molar-refractivity contribution in [2.75, 3.05) is 6.54 Å². The second kappa shape index (κ2) is 15.9. The lowest BCUT2D eigenvalue weighted by molar-refractivity contribution is -0.156. The lowest BCUT2D eigenvalue weighted by atomic mass is 10.1. The molecule has 218 valence electrons. The van der Waals surface area contributed by atoms with Crippen LogP contribution in [0, 0.1) is 0 Å². The van der Waals surface area contributed by atoms with Gasteiger partial charge in [0.1, 0.15) is 9.90 Å². The number of rotatable bonds is 17. The van der Waals surface area contributed by atoms with Crippen molar-refractivity contribution in [1.82, 2.24) is 14.6 Å². The summed E-state index contributed by atoms with van der Waals surface area (Å²) in [5.74, 6) is -3.01. The molecule has 0 unspecified atom stereocenters. The molecule has 2 heterocycles. The van der Waals surface area contributed by atoms with Crippen molar-refractivity contribution in [2.45, 2.75) is 94.6 Å². The van der Waals surface area contributed by atoms with Crippen molar-refractivity contribution in [3.8, 4) is 0 Å². The van der Waals surface area contributed by atoms with Gasteiger partial charge in [0.15, 0.2) is 0 Å². The minimum atomic E-state index is -4.63. The fraction of sp³-hybridized carbons (Fsp3) is 0.577. The maximum Gasteiger partial charge on any atom is 0.433 e. The molecule has 2 rings (SSSR count). The number of carboxylic acids is 1. The molecule has 13 heteroatoms. The molecule has 0 aromatic carbocycles. The van der Waals surface area contributed by atoms with Crippen molar-refractivity contribution in [2.24, 2.45) is 0 Å². The molecule has 39 heavy (non-hydrogen) atoms. The quantitative estimate of drug-likeness (QED) is 0.173. The molecule has 2 aromatic heterocycles. The van der Waals surface area contributed by atoms with Gasteiger partial charge in [0, 0.05) is 24.2 Å². The molecule has 0 fully saturated rings. The van der Waals surface area contributed by atoms with Crippen molar-refractivity contribution in [3.63, 3.8) is 0 Å². The van der Waals surface area contributed by atoms with Gasteiger partial charge in [-0.3, -0.25) is 9.78 Å². The average molecular weight is 592 g/mol. The summed E-state index contributed by atoms with van der Waals surface area (Å²) in [4.78, 5) is 28.1. The fourth-order valence-corrected chi connectivity index (χ4v) is 6.40. The fourth-order valence-electron chi connectivity index (χ4n) is 3.91. The van der Waals surface area contributed by atoms with Gasteiger partial charge < -0.3 is 10.0 Å². The van der Waals surface area contributed by atoms with Crippen LogP contribution in [0.5, 0.6) is 0 Å². The van der Waals surface area contributed by atoms with Crippen LogP contribution in [0.1, 0.15) is 87.3 Å². The minimum Gasteiger partial charge on any atom is -0.474 e. The molecule has 0 aliphatic heterocycles. The number of carboxylic acid groups (broad SMARTS) is 1. The molecule has 0 aliphatic rings. The van der Waals surface area contributed by atoms with Crippen LogP contribution in [0.3, 0.4) is 0 Å². The van der Waals surface area contributed by atoms with Crippen molar-refractivity contribution >= 4 is 33.2 Å². The summed E-state index contributed by atoms with van der Waals surface area (Å²) >= 11 is 0.895. The molecule has 0 aliphatic carbocycles. The third kappa shape index (κ3) is 11.6. The Hall–Kier alpha value is -2.51. The van der Waals surface area contributed by atoms with Gasteiger partial charge in [0.05, 0.1) is 6.54 Å². The zero-order valence-electron chi connectivity index (χ0n) is 22.0. The molecule has 0 radical (unpaired) electrons. The summed E-state index contributed by atoms with van der Waals surface area (Å²) in [6.07, 6.45) is 7.64. The van der Waals surface area contributed by atoms with Gasteiger partial charge >= 0.3 is 18.1 Å². The van der Waals surface area contributed by atoms with Gasteiger partial charge in [-0.15, -0.1) is 11.3 Å². The Kier molecular flexibility index (Phi) is 13.4. The van der Waals surface area contributed by atoms with Gasteiger partial charge in [-0.1, -0.05) is 70.8 Å². The number of hydrogen-bond acceptors (Lipinski definition) is 6. The molecule has 2 N–H and O–H groups in total. The van der Waals surface area contributed by atoms with E-state index in [-0.39, 0.29) is 22.9 Å². The van der Waals surface area contributed by atoms with Crippen molar-refractivity contribution in [3.05, 3.63) is 46.6 Å². The minimum absolute atomic E-state index is 0.0310. The lowest BCUT2D eigenvalue weighted by Gasteiger charge is -2.20. The second-order valence-corrected chi connectivity index (χ2v) is 12.5. The summed E-state index contributed by atoms with van der Waals surface area (Å²) in [6.45, 7) is 1.95. The normalized spacial score (nSPS) is 12.0. The number of carbonyl (C=O) groups is 2. The van der Waals surface area contributed by atoms with Crippen molar-refractivity contribution in [1.29, 1.82) is 0 Å². The first kappa shape index (κ1) is 32.7. The number of amides is 1. The van der Waals surface area contributed by atoms with E-state index in [4.69, 9.17) is 5.11 Å². The van der Waals surface area contributed by atoms with E-state index in [1.165, 1.54) is 50.7 Å². The van der Waals surface area contributed by atoms with E-state index in [1.54, 1.807) is 0 Å². The lowest BCUT2D eigenvalue weighted by Crippen LogP contribution is -2.35. The summed E-state index contributed by atoms with van der Waals surface area (Å²) < 4.78 is 66.2. The first-order valence-electron chi connectivity index (χ1n) is 13.1. The van der Waals surface area contributed by atoms with Crippen LogP contribution < -0.4 is 4.72 Å². The standard InChI is InChI=1S/C26H36F3N3O5S2/c1-2-3-4-5-6-7-8-9-10-11-16-31-39(36,37)23-15-13-21(38-23)19-32(24(33)25(34)35)18-20-12-14-22(30-17-20)26(27,28)29/h12-15,17,31H,2-11,16,18-19H2,1H3,(H,34,35). The highest BCUT2D eigenvalue weighted by Gasteiger charge is 2.32. The van der Waals surface area contributed by atoms with Crippen LogP contribution in [0.15, 0.2) is 34.7 Å². The molecule has 0 bridgehead atoms. The molecular weight excluding hydrogens is 555 g/mol. The Morgan fingerprint density at radius 1 is 0.949 bits per heavy atom. The van der Waals surface area contributed by atoms with E-state index >= 15 is 0 Å². The van der Waals surface area contributed by atoms with Crippen LogP contribution >= 0.6 is 11.3 Å². The highest BCUT2D eigenvalue weighted by atomic mass is 32.2. The maximum absolute atomic E-state index is 12.7. The van der Waals surface area contributed by atoms with Crippen LogP contribution in [0.25, 0.3) is 0 Å². The number of aromatic nitrogens is 1. The molecule has 0 saturated heterocycles. The number of hydrogen-bond donors (Lipinski definition) is 2. The molecule has 8 nitrogen and oxygen atoms in total. The third-order valence-corrected chi connectivity index (χ3v) is 9.05. The summed E-state index contributed by atoms with van der Waals surface area (Å²) in [5.41, 5.74) is -0.916. The number of nitrogens with one attached hydrogen (secondary N) is 1. The van der Waals surface area contributed by atoms with Crippen LogP contribution in [-0.4, -0.2) is 41.8 Å². The molecule has 2 aromatic rings. The number of pyridine rings is 1. The number of nitrogens with zero attached hydrogens (tertiary/aromatic N) is 2. The first-order chi connectivity index (χ1) is 18.4. The molecule has 0 saturated carbocycles. The number of carbonyl (C=O) groups excluding carboxylic acids is 1. The average Bonchev–Trinajstić information content (AvgIpc) is 3.36. The Balaban J connectivity index is 1.87. The summed E-state index contributed by atoms with van der Waals surface area (Å²) in [7, 11) is -3.77. The Labute approximate surface area is 231 Å². The number of sulfonamides is 1. The van der Waals surface area contributed by atoms with Gasteiger partial charge in [0.25, 0.3) is 0 Å². The highest BCUT2D eigenvalue weighted by molar-refractivity contribution is 7.91. The first-order valence-corrected chi connectivity index (χ1v) is 15.4. The van der Waals surface area contributed by atoms with E-state index in [9.17, 15) is 31.2 Å². The van der Waals surface area contributed by atoms with E-state index in [0.717, 1.165) is 60.2 Å². The van der Waals surface area contributed by atoms with E-state index in [1.807, 2.05) is 0 Å². The predicted molar refractivity (Wildman–Crippen MR) is 142 cm³/mol. The zero-order chi connectivity index (χ0) is 28.9. The maximum atomic E-state index is 12.7. The molecule has 0 spiro atoms. The topological polar surface area (TPSA) is 117 Å². The largest absolute Gasteiger partial charge is 0.474 e. The number of unbranched alkanes of at least 4 members (excludes halogenated alkanes) is 9. The smallest absolute Gasteiger partial charge is 0.433 e. The number of thiophene rings is 1. The molecule has 0 atom stereocenters. The summed E-state index contributed by atoms with van der Waals surface area (Å²) in [6, 6.07) is 4.71. The van der Waals surface area contributed by atoms with Gasteiger partial charge in [-0.25, -0.2) is 17.9 Å². The number of alkyl halides is 3. The van der Waals surface area contributed by atoms with Crippen LogP contribution in [-0.2, 0) is 38.9 Å². The Morgan fingerprint density at radius 2 is 1.56 bits per heavy atom. The Bertz CT molecular complexity index is 1150. The van der Waals surface area contributed by atoms with Gasteiger partial charge in [-0.2, -0.15) is 13.2 Å². The predicted octanol–water partition coefficient (Wildman–Crippen LogP) is 5.97. The summed E-state index contributed by atoms with van der Waals surface area (Å²) in [5, 5.41) is 9.17.